The van der Waals surface area contributed by atoms with E-state index in [1.807, 2.05) is 6.92 Å². The Bertz CT molecular complexity index is 496. The van der Waals surface area contributed by atoms with Gasteiger partial charge in [-0.25, -0.2) is 0 Å². The fraction of sp³-hybridized carbons (Fsp3) is 0.952. The molecule has 3 nitrogen and oxygen atoms in total. The molecular weight excluding hydrogens is 298 g/mol. The third-order valence-corrected chi connectivity index (χ3v) is 8.29. The summed E-state index contributed by atoms with van der Waals surface area (Å²) in [4.78, 5) is 12.2. The van der Waals surface area contributed by atoms with Gasteiger partial charge in [0.1, 0.15) is 0 Å². The summed E-state index contributed by atoms with van der Waals surface area (Å²) < 4.78 is 6.41. The van der Waals surface area contributed by atoms with E-state index in [2.05, 4.69) is 19.2 Å². The molecule has 5 atom stereocenters. The molecule has 0 radical (unpaired) electrons. The Morgan fingerprint density at radius 1 is 1.21 bits per heavy atom. The molecule has 0 unspecified atom stereocenters. The molecule has 1 heterocycles. The van der Waals surface area contributed by atoms with Crippen molar-refractivity contribution in [2.24, 2.45) is 28.6 Å². The van der Waals surface area contributed by atoms with Gasteiger partial charge in [-0.3, -0.25) is 4.79 Å². The summed E-state index contributed by atoms with van der Waals surface area (Å²) in [6.07, 6.45) is 11.7. The van der Waals surface area contributed by atoms with E-state index in [0.29, 0.717) is 29.9 Å². The molecule has 3 heteroatoms. The molecule has 0 aromatic carbocycles. The van der Waals surface area contributed by atoms with Gasteiger partial charge in [0.05, 0.1) is 6.10 Å². The predicted octanol–water partition coefficient (Wildman–Crippen LogP) is 4.30. The van der Waals surface area contributed by atoms with Gasteiger partial charge in [-0.2, -0.15) is 0 Å². The van der Waals surface area contributed by atoms with Crippen LogP contribution in [0.15, 0.2) is 0 Å². The quantitative estimate of drug-likeness (QED) is 0.836. The van der Waals surface area contributed by atoms with Crippen molar-refractivity contribution in [3.05, 3.63) is 0 Å². The first-order chi connectivity index (χ1) is 11.5. The second-order valence-corrected chi connectivity index (χ2v) is 9.64. The van der Waals surface area contributed by atoms with Crippen LogP contribution in [-0.2, 0) is 9.53 Å². The predicted molar refractivity (Wildman–Crippen MR) is 95.6 cm³/mol. The molecule has 1 amide bonds. The van der Waals surface area contributed by atoms with Crippen LogP contribution in [0.2, 0.25) is 0 Å². The maximum atomic E-state index is 12.2. The SMILES string of the molecule is CCC(=O)N[C@@H]1C(C)(C)[C@@H]2C[C@@H]3[C@@H](C4CCCCC4)OCC[C@@]31C2. The summed E-state index contributed by atoms with van der Waals surface area (Å²) in [5.74, 6) is 2.42. The van der Waals surface area contributed by atoms with Gasteiger partial charge in [-0.1, -0.05) is 40.0 Å². The Kier molecular flexibility index (Phi) is 4.22. The zero-order valence-electron chi connectivity index (χ0n) is 15.8. The van der Waals surface area contributed by atoms with Gasteiger partial charge in [0.2, 0.25) is 5.91 Å². The lowest BCUT2D eigenvalue weighted by atomic mass is 9.57. The monoisotopic (exact) mass is 333 g/mol. The Morgan fingerprint density at radius 2 is 1.96 bits per heavy atom. The Morgan fingerprint density at radius 3 is 2.67 bits per heavy atom. The average molecular weight is 334 g/mol. The van der Waals surface area contributed by atoms with Gasteiger partial charge >= 0.3 is 0 Å². The zero-order valence-corrected chi connectivity index (χ0v) is 15.8. The van der Waals surface area contributed by atoms with Crippen LogP contribution in [0.5, 0.6) is 0 Å². The van der Waals surface area contributed by atoms with Gasteiger partial charge < -0.3 is 10.1 Å². The van der Waals surface area contributed by atoms with Crippen molar-refractivity contribution >= 4 is 5.91 Å². The molecule has 4 rings (SSSR count). The number of carbonyl (C=O) groups is 1. The van der Waals surface area contributed by atoms with Gasteiger partial charge in [-0.15, -0.1) is 0 Å². The zero-order chi connectivity index (χ0) is 16.9. The van der Waals surface area contributed by atoms with Crippen LogP contribution in [0.1, 0.15) is 78.6 Å². The van der Waals surface area contributed by atoms with Crippen molar-refractivity contribution < 1.29 is 9.53 Å². The Balaban J connectivity index is 1.62. The lowest BCUT2D eigenvalue weighted by Gasteiger charge is -2.55. The molecule has 24 heavy (non-hydrogen) atoms. The van der Waals surface area contributed by atoms with Crippen molar-refractivity contribution in [1.82, 2.24) is 5.32 Å². The van der Waals surface area contributed by atoms with Crippen molar-refractivity contribution in [1.29, 1.82) is 0 Å². The minimum Gasteiger partial charge on any atom is -0.378 e. The molecule has 3 saturated carbocycles. The molecule has 2 bridgehead atoms. The van der Waals surface area contributed by atoms with Crippen molar-refractivity contribution in [3.63, 3.8) is 0 Å². The lowest BCUT2D eigenvalue weighted by molar-refractivity contribution is -0.150. The number of carbonyl (C=O) groups excluding carboxylic acids is 1. The highest BCUT2D eigenvalue weighted by atomic mass is 16.5. The average Bonchev–Trinajstić information content (AvgIpc) is 3.08. The van der Waals surface area contributed by atoms with E-state index in [0.717, 1.165) is 24.9 Å². The molecule has 1 N–H and O–H groups in total. The number of hydrogen-bond donors (Lipinski definition) is 1. The number of hydrogen-bond acceptors (Lipinski definition) is 2. The molecule has 1 aliphatic heterocycles. The molecular formula is C21H35NO2. The Hall–Kier alpha value is -0.570. The molecule has 0 aromatic rings. The van der Waals surface area contributed by atoms with Crippen LogP contribution >= 0.6 is 0 Å². The normalized spacial score (nSPS) is 44.3. The van der Waals surface area contributed by atoms with Crippen LogP contribution in [0, 0.1) is 28.6 Å². The summed E-state index contributed by atoms with van der Waals surface area (Å²) in [5.41, 5.74) is 0.537. The van der Waals surface area contributed by atoms with Crippen molar-refractivity contribution in [2.75, 3.05) is 6.61 Å². The largest absolute Gasteiger partial charge is 0.378 e. The third-order valence-electron chi connectivity index (χ3n) is 8.29. The molecule has 136 valence electrons. The fourth-order valence-electron chi connectivity index (χ4n) is 7.02. The van der Waals surface area contributed by atoms with Crippen LogP contribution < -0.4 is 5.32 Å². The van der Waals surface area contributed by atoms with Gasteiger partial charge in [0.25, 0.3) is 0 Å². The van der Waals surface area contributed by atoms with Crippen LogP contribution in [-0.4, -0.2) is 24.7 Å². The second kappa shape index (κ2) is 6.00. The van der Waals surface area contributed by atoms with E-state index in [-0.39, 0.29) is 11.3 Å². The first kappa shape index (κ1) is 16.9. The highest BCUT2D eigenvalue weighted by molar-refractivity contribution is 5.76. The maximum Gasteiger partial charge on any atom is 0.219 e. The van der Waals surface area contributed by atoms with Crippen molar-refractivity contribution in [2.45, 2.75) is 90.7 Å². The molecule has 3 aliphatic carbocycles. The summed E-state index contributed by atoms with van der Waals surface area (Å²) >= 11 is 0. The third kappa shape index (κ3) is 2.37. The molecule has 1 spiro atoms. The highest BCUT2D eigenvalue weighted by Crippen LogP contribution is 2.69. The standard InChI is InChI=1S/C21H35NO2/c1-4-17(23)22-19-20(2,3)15-12-16-18(14-8-6-5-7-9-14)24-11-10-21(16,19)13-15/h14-16,18-19H,4-13H2,1-3H3,(H,22,23)/t15-,16-,18-,19-,21-/m1/s1. The van der Waals surface area contributed by atoms with Gasteiger partial charge in [0, 0.05) is 19.1 Å². The first-order valence-corrected chi connectivity index (χ1v) is 10.4. The maximum absolute atomic E-state index is 12.2. The van der Waals surface area contributed by atoms with E-state index in [1.165, 1.54) is 44.9 Å². The Labute approximate surface area is 147 Å². The summed E-state index contributed by atoms with van der Waals surface area (Å²) in [6.45, 7) is 7.67. The fourth-order valence-corrected chi connectivity index (χ4v) is 7.02. The minimum absolute atomic E-state index is 0.231. The van der Waals surface area contributed by atoms with Crippen LogP contribution in [0.3, 0.4) is 0 Å². The van der Waals surface area contributed by atoms with E-state index in [9.17, 15) is 4.79 Å². The first-order valence-electron chi connectivity index (χ1n) is 10.4. The lowest BCUT2D eigenvalue weighted by Crippen LogP contribution is -2.61. The summed E-state index contributed by atoms with van der Waals surface area (Å²) in [6, 6.07) is 0.344. The van der Waals surface area contributed by atoms with E-state index < -0.39 is 0 Å². The summed E-state index contributed by atoms with van der Waals surface area (Å²) in [5, 5.41) is 3.47. The van der Waals surface area contributed by atoms with Crippen molar-refractivity contribution in [3.8, 4) is 0 Å². The van der Waals surface area contributed by atoms with Crippen LogP contribution in [0.4, 0.5) is 0 Å². The topological polar surface area (TPSA) is 38.3 Å². The van der Waals surface area contributed by atoms with E-state index >= 15 is 0 Å². The number of amides is 1. The molecule has 4 fully saturated rings. The highest BCUT2D eigenvalue weighted by Gasteiger charge is 2.68. The van der Waals surface area contributed by atoms with E-state index in [1.54, 1.807) is 0 Å². The number of nitrogens with one attached hydrogen (secondary N) is 1. The smallest absolute Gasteiger partial charge is 0.219 e. The molecule has 0 aromatic heterocycles. The van der Waals surface area contributed by atoms with Gasteiger partial charge in [0.15, 0.2) is 0 Å². The summed E-state index contributed by atoms with van der Waals surface area (Å²) in [7, 11) is 0. The van der Waals surface area contributed by atoms with E-state index in [4.69, 9.17) is 4.74 Å². The number of rotatable bonds is 3. The second-order valence-electron chi connectivity index (χ2n) is 9.64. The molecule has 1 saturated heterocycles. The van der Waals surface area contributed by atoms with Crippen LogP contribution in [0.25, 0.3) is 0 Å². The van der Waals surface area contributed by atoms with Gasteiger partial charge in [-0.05, 0) is 60.7 Å². The number of ether oxygens (including phenoxy) is 1. The molecule has 4 aliphatic rings. The minimum atomic E-state index is 0.231. The number of fused-ring (bicyclic) bond motifs is 1.